The number of ether oxygens (including phenoxy) is 1. The van der Waals surface area contributed by atoms with Gasteiger partial charge < -0.3 is 4.74 Å². The predicted octanol–water partition coefficient (Wildman–Crippen LogP) is 4.65. The van der Waals surface area contributed by atoms with E-state index in [2.05, 4.69) is 77.0 Å². The molecule has 0 amide bonds. The van der Waals surface area contributed by atoms with E-state index in [9.17, 15) is 0 Å². The van der Waals surface area contributed by atoms with Gasteiger partial charge in [0.2, 0.25) is 0 Å². The second-order valence-electron chi connectivity index (χ2n) is 8.37. The van der Waals surface area contributed by atoms with Crippen LogP contribution in [0.15, 0.2) is 30.3 Å². The first kappa shape index (κ1) is 16.0. The summed E-state index contributed by atoms with van der Waals surface area (Å²) in [5, 5.41) is 0. The van der Waals surface area contributed by atoms with Crippen molar-refractivity contribution in [2.24, 2.45) is 16.7 Å². The van der Waals surface area contributed by atoms with Gasteiger partial charge in [-0.2, -0.15) is 0 Å². The Bertz CT molecular complexity index is 538. The molecule has 0 saturated heterocycles. The predicted molar refractivity (Wildman–Crippen MR) is 91.6 cm³/mol. The lowest BCUT2D eigenvalue weighted by Crippen LogP contribution is -2.50. The standard InChI is InChI=1S/C20H31NO/c1-15(21(5)6)22-20(16-10-8-7-9-11-16)14-17-12-13-19(20,4)18(17,2)3/h7-11,15,17H,12-14H2,1-6H3/t15?,17-,19-,20+/m0/s1. The Morgan fingerprint density at radius 2 is 1.77 bits per heavy atom. The van der Waals surface area contributed by atoms with E-state index in [1.165, 1.54) is 18.4 Å². The highest BCUT2D eigenvalue weighted by Crippen LogP contribution is 2.74. The molecule has 1 aromatic rings. The van der Waals surface area contributed by atoms with Crippen LogP contribution in [-0.4, -0.2) is 25.2 Å². The zero-order valence-corrected chi connectivity index (χ0v) is 15.0. The van der Waals surface area contributed by atoms with Gasteiger partial charge in [0, 0.05) is 5.41 Å². The molecule has 2 fully saturated rings. The minimum absolute atomic E-state index is 0.118. The molecule has 0 heterocycles. The number of hydrogen-bond acceptors (Lipinski definition) is 2. The summed E-state index contributed by atoms with van der Waals surface area (Å²) in [5.41, 5.74) is 1.72. The first-order valence-electron chi connectivity index (χ1n) is 8.64. The van der Waals surface area contributed by atoms with E-state index in [-0.39, 0.29) is 17.2 Å². The van der Waals surface area contributed by atoms with Crippen LogP contribution in [0.1, 0.15) is 52.5 Å². The lowest BCUT2D eigenvalue weighted by atomic mass is 9.62. The van der Waals surface area contributed by atoms with Crippen LogP contribution in [0.4, 0.5) is 0 Å². The quantitative estimate of drug-likeness (QED) is 0.750. The maximum atomic E-state index is 6.84. The number of hydrogen-bond donors (Lipinski definition) is 0. The molecule has 1 aromatic carbocycles. The van der Waals surface area contributed by atoms with Crippen molar-refractivity contribution in [3.8, 4) is 0 Å². The van der Waals surface area contributed by atoms with E-state index in [0.29, 0.717) is 5.41 Å². The van der Waals surface area contributed by atoms with Crippen LogP contribution in [0.2, 0.25) is 0 Å². The molecule has 0 N–H and O–H groups in total. The van der Waals surface area contributed by atoms with E-state index in [4.69, 9.17) is 4.74 Å². The van der Waals surface area contributed by atoms with Gasteiger partial charge in [0.1, 0.15) is 11.8 Å². The molecule has 0 aliphatic heterocycles. The molecule has 0 aromatic heterocycles. The zero-order valence-electron chi connectivity index (χ0n) is 15.0. The molecule has 2 saturated carbocycles. The van der Waals surface area contributed by atoms with Crippen molar-refractivity contribution >= 4 is 0 Å². The van der Waals surface area contributed by atoms with Gasteiger partial charge in [-0.15, -0.1) is 0 Å². The fourth-order valence-electron chi connectivity index (χ4n) is 5.03. The largest absolute Gasteiger partial charge is 0.352 e. The average Bonchev–Trinajstić information content (AvgIpc) is 2.80. The van der Waals surface area contributed by atoms with E-state index >= 15 is 0 Å². The van der Waals surface area contributed by atoms with Crippen molar-refractivity contribution in [2.75, 3.05) is 14.1 Å². The summed E-state index contributed by atoms with van der Waals surface area (Å²) < 4.78 is 6.84. The van der Waals surface area contributed by atoms with E-state index in [0.717, 1.165) is 12.3 Å². The molecule has 0 radical (unpaired) electrons. The normalized spacial score (nSPS) is 37.7. The molecular formula is C20H31NO. The van der Waals surface area contributed by atoms with Gasteiger partial charge in [0.25, 0.3) is 0 Å². The third-order valence-corrected chi connectivity index (χ3v) is 7.20. The molecular weight excluding hydrogens is 270 g/mol. The molecule has 122 valence electrons. The molecule has 1 unspecified atom stereocenters. The Morgan fingerprint density at radius 3 is 2.23 bits per heavy atom. The van der Waals surface area contributed by atoms with Gasteiger partial charge in [-0.3, -0.25) is 4.90 Å². The van der Waals surface area contributed by atoms with Crippen molar-refractivity contribution < 1.29 is 4.74 Å². The minimum Gasteiger partial charge on any atom is -0.352 e. The molecule has 2 aliphatic carbocycles. The van der Waals surface area contributed by atoms with Crippen LogP contribution >= 0.6 is 0 Å². The summed E-state index contributed by atoms with van der Waals surface area (Å²) in [7, 11) is 4.20. The Kier molecular flexibility index (Phi) is 3.69. The van der Waals surface area contributed by atoms with Gasteiger partial charge >= 0.3 is 0 Å². The highest BCUT2D eigenvalue weighted by molar-refractivity contribution is 5.32. The lowest BCUT2D eigenvalue weighted by Gasteiger charge is -2.50. The Labute approximate surface area is 135 Å². The summed E-state index contributed by atoms with van der Waals surface area (Å²) in [4.78, 5) is 2.17. The average molecular weight is 301 g/mol. The number of fused-ring (bicyclic) bond motifs is 2. The fraction of sp³-hybridized carbons (Fsp3) is 0.700. The van der Waals surface area contributed by atoms with Gasteiger partial charge in [0.15, 0.2) is 0 Å². The summed E-state index contributed by atoms with van der Waals surface area (Å²) in [6.07, 6.45) is 3.88. The fourth-order valence-corrected chi connectivity index (χ4v) is 5.03. The lowest BCUT2D eigenvalue weighted by molar-refractivity contribution is -0.203. The molecule has 3 rings (SSSR count). The van der Waals surface area contributed by atoms with Crippen LogP contribution in [-0.2, 0) is 10.3 Å². The van der Waals surface area contributed by atoms with Crippen LogP contribution in [0, 0.1) is 16.7 Å². The highest BCUT2D eigenvalue weighted by Gasteiger charge is 2.70. The molecule has 0 spiro atoms. The van der Waals surface area contributed by atoms with Gasteiger partial charge in [-0.05, 0) is 57.2 Å². The molecule has 2 bridgehead atoms. The monoisotopic (exact) mass is 301 g/mol. The molecule has 2 heteroatoms. The van der Waals surface area contributed by atoms with Crippen molar-refractivity contribution in [3.63, 3.8) is 0 Å². The number of benzene rings is 1. The van der Waals surface area contributed by atoms with Crippen LogP contribution in [0.3, 0.4) is 0 Å². The zero-order chi connectivity index (χ0) is 16.2. The molecule has 2 aliphatic rings. The summed E-state index contributed by atoms with van der Waals surface area (Å²) >= 11 is 0. The Hall–Kier alpha value is -0.860. The van der Waals surface area contributed by atoms with Gasteiger partial charge in [-0.1, -0.05) is 51.1 Å². The van der Waals surface area contributed by atoms with Crippen LogP contribution < -0.4 is 0 Å². The second kappa shape index (κ2) is 5.07. The van der Waals surface area contributed by atoms with E-state index in [1.54, 1.807) is 0 Å². The minimum atomic E-state index is -0.162. The van der Waals surface area contributed by atoms with Gasteiger partial charge in [0.05, 0.1) is 0 Å². The second-order valence-corrected chi connectivity index (χ2v) is 8.37. The van der Waals surface area contributed by atoms with Crippen molar-refractivity contribution in [1.82, 2.24) is 4.90 Å². The summed E-state index contributed by atoms with van der Waals surface area (Å²) in [5.74, 6) is 0.757. The van der Waals surface area contributed by atoms with E-state index < -0.39 is 0 Å². The van der Waals surface area contributed by atoms with Gasteiger partial charge in [-0.25, -0.2) is 0 Å². The third-order valence-electron chi connectivity index (χ3n) is 7.20. The first-order chi connectivity index (χ1) is 10.2. The Balaban J connectivity index is 2.10. The molecule has 4 atom stereocenters. The maximum Gasteiger partial charge on any atom is 0.108 e. The SMILES string of the molecule is CC(O[C@@]1(c2ccccc2)C[C@@H]2CC[C@@]1(C)C2(C)C)N(C)C. The smallest absolute Gasteiger partial charge is 0.108 e. The highest BCUT2D eigenvalue weighted by atomic mass is 16.5. The Morgan fingerprint density at radius 1 is 1.14 bits per heavy atom. The van der Waals surface area contributed by atoms with Crippen molar-refractivity contribution in [2.45, 2.75) is 58.8 Å². The molecule has 22 heavy (non-hydrogen) atoms. The van der Waals surface area contributed by atoms with E-state index in [1.807, 2.05) is 0 Å². The van der Waals surface area contributed by atoms with Crippen molar-refractivity contribution in [3.05, 3.63) is 35.9 Å². The molecule has 2 nitrogen and oxygen atoms in total. The first-order valence-corrected chi connectivity index (χ1v) is 8.64. The third kappa shape index (κ3) is 1.93. The van der Waals surface area contributed by atoms with Crippen molar-refractivity contribution in [1.29, 1.82) is 0 Å². The number of nitrogens with zero attached hydrogens (tertiary/aromatic N) is 1. The summed E-state index contributed by atoms with van der Waals surface area (Å²) in [6.45, 7) is 9.56. The maximum absolute atomic E-state index is 6.84. The number of rotatable bonds is 4. The van der Waals surface area contributed by atoms with Crippen LogP contribution in [0.25, 0.3) is 0 Å². The topological polar surface area (TPSA) is 12.5 Å². The summed E-state index contributed by atoms with van der Waals surface area (Å²) in [6, 6.07) is 11.0. The van der Waals surface area contributed by atoms with Crippen LogP contribution in [0.5, 0.6) is 0 Å².